The van der Waals surface area contributed by atoms with Crippen molar-refractivity contribution in [1.29, 1.82) is 0 Å². The minimum atomic E-state index is -0.199. The molecule has 0 saturated heterocycles. The van der Waals surface area contributed by atoms with E-state index in [1.54, 1.807) is 12.1 Å². The molecular formula is C32H36N2O2. The van der Waals surface area contributed by atoms with Gasteiger partial charge >= 0.3 is 0 Å². The second-order valence-electron chi connectivity index (χ2n) is 10.3. The van der Waals surface area contributed by atoms with Gasteiger partial charge in [0.2, 0.25) is 5.56 Å². The molecule has 2 N–H and O–H groups in total. The molecule has 0 amide bonds. The van der Waals surface area contributed by atoms with E-state index < -0.39 is 0 Å². The van der Waals surface area contributed by atoms with Gasteiger partial charge in [-0.2, -0.15) is 0 Å². The van der Waals surface area contributed by atoms with Crippen molar-refractivity contribution in [3.05, 3.63) is 110 Å². The third-order valence-corrected chi connectivity index (χ3v) is 7.89. The molecule has 4 heteroatoms. The fourth-order valence-electron chi connectivity index (χ4n) is 5.97. The Hall–Kier alpha value is -3.37. The van der Waals surface area contributed by atoms with Gasteiger partial charge in [0, 0.05) is 30.6 Å². The fraction of sp³-hybridized carbons (Fsp3) is 0.344. The first kappa shape index (κ1) is 24.3. The number of benzene rings is 3. The van der Waals surface area contributed by atoms with Crippen molar-refractivity contribution >= 4 is 10.9 Å². The number of nitrogens with one attached hydrogen (secondary N) is 1. The maximum Gasteiger partial charge on any atom is 0.248 e. The molecular weight excluding hydrogens is 444 g/mol. The Morgan fingerprint density at radius 3 is 2.25 bits per heavy atom. The fourth-order valence-corrected chi connectivity index (χ4v) is 5.97. The van der Waals surface area contributed by atoms with Crippen LogP contribution in [0.2, 0.25) is 0 Å². The number of pyridine rings is 1. The molecule has 5 rings (SSSR count). The zero-order chi connectivity index (χ0) is 25.2. The van der Waals surface area contributed by atoms with Crippen molar-refractivity contribution in [2.75, 3.05) is 6.54 Å². The molecule has 36 heavy (non-hydrogen) atoms. The Balaban J connectivity index is 1.46. The molecule has 1 aromatic heterocycles. The predicted molar refractivity (Wildman–Crippen MR) is 148 cm³/mol. The summed E-state index contributed by atoms with van der Waals surface area (Å²) in [5.41, 5.74) is 8.79. The highest BCUT2D eigenvalue weighted by Crippen LogP contribution is 2.34. The first-order chi connectivity index (χ1) is 17.5. The largest absolute Gasteiger partial charge is 0.506 e. The minimum Gasteiger partial charge on any atom is -0.506 e. The van der Waals surface area contributed by atoms with Gasteiger partial charge in [-0.05, 0) is 77.1 Å². The monoisotopic (exact) mass is 480 g/mol. The maximum atomic E-state index is 11.9. The third kappa shape index (κ3) is 4.83. The van der Waals surface area contributed by atoms with Gasteiger partial charge in [-0.25, -0.2) is 0 Å². The second kappa shape index (κ2) is 10.3. The van der Waals surface area contributed by atoms with Gasteiger partial charge < -0.3 is 10.1 Å². The summed E-state index contributed by atoms with van der Waals surface area (Å²) in [5, 5.41) is 11.3. The number of aromatic nitrogens is 1. The molecule has 4 aromatic rings. The molecule has 1 aliphatic carbocycles. The number of phenols is 1. The Morgan fingerprint density at radius 2 is 1.61 bits per heavy atom. The SMILES string of the molecule is CCc1cc2c(cc1CC)CC(N(Cc1ccccc1)C[C@@H](C)c1ccc(O)c3[nH]c(=O)ccc13)C2. The lowest BCUT2D eigenvalue weighted by Crippen LogP contribution is -2.38. The molecule has 1 heterocycles. The standard InChI is InChI=1S/C32H36N2O2/c1-4-23-15-25-17-27(18-26(25)16-24(23)5-2)34(20-22-9-7-6-8-10-22)19-21(3)28-11-13-30(35)32-29(28)12-14-31(36)33-32/h6-16,21,27,35H,4-5,17-20H2,1-3H3,(H,33,36)/t21-/m1/s1. The van der Waals surface area contributed by atoms with Gasteiger partial charge in [-0.1, -0.05) is 69.3 Å². The topological polar surface area (TPSA) is 56.3 Å². The molecule has 0 fully saturated rings. The predicted octanol–water partition coefficient (Wildman–Crippen LogP) is 6.13. The molecule has 0 spiro atoms. The molecule has 1 atom stereocenters. The van der Waals surface area contributed by atoms with Crippen molar-refractivity contribution in [3.63, 3.8) is 0 Å². The van der Waals surface area contributed by atoms with Crippen LogP contribution >= 0.6 is 0 Å². The zero-order valence-corrected chi connectivity index (χ0v) is 21.6. The summed E-state index contributed by atoms with van der Waals surface area (Å²) in [4.78, 5) is 17.4. The molecule has 4 nitrogen and oxygen atoms in total. The smallest absolute Gasteiger partial charge is 0.248 e. The normalized spacial score (nSPS) is 14.4. The van der Waals surface area contributed by atoms with E-state index in [0.717, 1.165) is 49.7 Å². The van der Waals surface area contributed by atoms with Crippen LogP contribution in [0.3, 0.4) is 0 Å². The number of aromatic amines is 1. The molecule has 0 aliphatic heterocycles. The Morgan fingerprint density at radius 1 is 0.944 bits per heavy atom. The number of aromatic hydroxyl groups is 1. The molecule has 3 aromatic carbocycles. The lowest BCUT2D eigenvalue weighted by Gasteiger charge is -2.32. The number of rotatable bonds is 8. The van der Waals surface area contributed by atoms with Crippen LogP contribution in [0.25, 0.3) is 10.9 Å². The quantitative estimate of drug-likeness (QED) is 0.319. The van der Waals surface area contributed by atoms with E-state index in [2.05, 4.69) is 73.1 Å². The number of nitrogens with zero attached hydrogens (tertiary/aromatic N) is 1. The van der Waals surface area contributed by atoms with E-state index in [0.29, 0.717) is 11.6 Å². The lowest BCUT2D eigenvalue weighted by atomic mass is 9.94. The van der Waals surface area contributed by atoms with Crippen molar-refractivity contribution in [2.24, 2.45) is 0 Å². The van der Waals surface area contributed by atoms with E-state index in [1.165, 1.54) is 27.8 Å². The summed E-state index contributed by atoms with van der Waals surface area (Å²) in [7, 11) is 0. The summed E-state index contributed by atoms with van der Waals surface area (Å²) in [6.45, 7) is 8.56. The number of hydrogen-bond donors (Lipinski definition) is 2. The molecule has 0 saturated carbocycles. The van der Waals surface area contributed by atoms with Crippen LogP contribution in [0.5, 0.6) is 5.75 Å². The number of fused-ring (bicyclic) bond motifs is 2. The molecule has 0 unspecified atom stereocenters. The maximum absolute atomic E-state index is 11.9. The van der Waals surface area contributed by atoms with Crippen LogP contribution in [0.15, 0.2) is 71.5 Å². The first-order valence-corrected chi connectivity index (χ1v) is 13.2. The third-order valence-electron chi connectivity index (χ3n) is 7.89. The number of H-pyrrole nitrogens is 1. The number of aryl methyl sites for hydroxylation is 2. The van der Waals surface area contributed by atoms with Crippen LogP contribution in [-0.4, -0.2) is 27.6 Å². The van der Waals surface area contributed by atoms with Gasteiger partial charge in [0.05, 0.1) is 5.52 Å². The Kier molecular flexibility index (Phi) is 6.97. The van der Waals surface area contributed by atoms with Crippen molar-refractivity contribution in [2.45, 2.75) is 65.0 Å². The lowest BCUT2D eigenvalue weighted by molar-refractivity contribution is 0.183. The average Bonchev–Trinajstić information content (AvgIpc) is 3.31. The van der Waals surface area contributed by atoms with Crippen LogP contribution < -0.4 is 5.56 Å². The van der Waals surface area contributed by atoms with E-state index in [9.17, 15) is 9.90 Å². The summed E-state index contributed by atoms with van der Waals surface area (Å²) >= 11 is 0. The van der Waals surface area contributed by atoms with E-state index in [4.69, 9.17) is 0 Å². The van der Waals surface area contributed by atoms with E-state index in [1.807, 2.05) is 12.1 Å². The van der Waals surface area contributed by atoms with Gasteiger partial charge in [0.15, 0.2) is 0 Å². The minimum absolute atomic E-state index is 0.115. The first-order valence-electron chi connectivity index (χ1n) is 13.2. The van der Waals surface area contributed by atoms with Crippen molar-refractivity contribution in [1.82, 2.24) is 9.88 Å². The summed E-state index contributed by atoms with van der Waals surface area (Å²) in [6, 6.07) is 23.2. The van der Waals surface area contributed by atoms with E-state index >= 15 is 0 Å². The Labute approximate surface area is 213 Å². The number of phenolic OH excluding ortho intramolecular Hbond substituents is 1. The van der Waals surface area contributed by atoms with E-state index in [-0.39, 0.29) is 17.2 Å². The number of hydrogen-bond acceptors (Lipinski definition) is 3. The van der Waals surface area contributed by atoms with Gasteiger partial charge in [0.25, 0.3) is 0 Å². The highest BCUT2D eigenvalue weighted by atomic mass is 16.3. The van der Waals surface area contributed by atoms with Gasteiger partial charge in [-0.3, -0.25) is 9.69 Å². The van der Waals surface area contributed by atoms with Crippen molar-refractivity contribution in [3.8, 4) is 5.75 Å². The van der Waals surface area contributed by atoms with Crippen LogP contribution in [-0.2, 0) is 32.2 Å². The average molecular weight is 481 g/mol. The summed E-state index contributed by atoms with van der Waals surface area (Å²) in [5.74, 6) is 0.341. The van der Waals surface area contributed by atoms with Crippen LogP contribution in [0.4, 0.5) is 0 Å². The molecule has 0 radical (unpaired) electrons. The zero-order valence-electron chi connectivity index (χ0n) is 21.6. The van der Waals surface area contributed by atoms with Crippen LogP contribution in [0.1, 0.15) is 60.1 Å². The molecule has 0 bridgehead atoms. The van der Waals surface area contributed by atoms with Crippen molar-refractivity contribution < 1.29 is 5.11 Å². The second-order valence-corrected chi connectivity index (χ2v) is 10.3. The van der Waals surface area contributed by atoms with Gasteiger partial charge in [-0.15, -0.1) is 0 Å². The van der Waals surface area contributed by atoms with Crippen LogP contribution in [0, 0.1) is 0 Å². The molecule has 1 aliphatic rings. The Bertz CT molecular complexity index is 1390. The van der Waals surface area contributed by atoms with Gasteiger partial charge in [0.1, 0.15) is 5.75 Å². The molecule has 186 valence electrons. The highest BCUT2D eigenvalue weighted by molar-refractivity contribution is 5.87. The summed E-state index contributed by atoms with van der Waals surface area (Å²) in [6.07, 6.45) is 4.33. The highest BCUT2D eigenvalue weighted by Gasteiger charge is 2.29. The summed E-state index contributed by atoms with van der Waals surface area (Å²) < 4.78 is 0.